The number of benzene rings is 1. The van der Waals surface area contributed by atoms with E-state index in [1.807, 2.05) is 18.2 Å². The molecule has 1 aromatic rings. The molecular formula is C12H17NO2. The average Bonchev–Trinajstić information content (AvgIpc) is 2.16. The molecule has 82 valence electrons. The summed E-state index contributed by atoms with van der Waals surface area (Å²) < 4.78 is 10.9. The number of hydrogen-bond donors (Lipinski definition) is 1. The quantitative estimate of drug-likeness (QED) is 0.771. The molecule has 0 bridgehead atoms. The van der Waals surface area contributed by atoms with E-state index in [1.165, 1.54) is 19.3 Å². The average molecular weight is 207 g/mol. The van der Waals surface area contributed by atoms with Crippen LogP contribution in [-0.2, 0) is 0 Å². The second-order valence-electron chi connectivity index (χ2n) is 4.02. The SMILES string of the molecule is COc1ccc(N)cc1OCC1CCC1. The maximum Gasteiger partial charge on any atom is 0.163 e. The summed E-state index contributed by atoms with van der Waals surface area (Å²) >= 11 is 0. The molecule has 0 unspecified atom stereocenters. The Kier molecular flexibility index (Phi) is 2.99. The van der Waals surface area contributed by atoms with Crippen molar-refractivity contribution in [2.45, 2.75) is 19.3 Å². The Morgan fingerprint density at radius 1 is 1.33 bits per heavy atom. The van der Waals surface area contributed by atoms with Crippen LogP contribution in [0.1, 0.15) is 19.3 Å². The molecule has 15 heavy (non-hydrogen) atoms. The first kappa shape index (κ1) is 10.1. The van der Waals surface area contributed by atoms with Crippen LogP contribution in [0.3, 0.4) is 0 Å². The minimum absolute atomic E-state index is 0.708. The molecule has 1 aromatic carbocycles. The van der Waals surface area contributed by atoms with Gasteiger partial charge in [0, 0.05) is 11.8 Å². The van der Waals surface area contributed by atoms with Gasteiger partial charge in [0.2, 0.25) is 0 Å². The molecule has 3 heteroatoms. The van der Waals surface area contributed by atoms with E-state index in [-0.39, 0.29) is 0 Å². The highest BCUT2D eigenvalue weighted by atomic mass is 16.5. The lowest BCUT2D eigenvalue weighted by Crippen LogP contribution is -2.19. The van der Waals surface area contributed by atoms with E-state index < -0.39 is 0 Å². The van der Waals surface area contributed by atoms with Gasteiger partial charge in [-0.2, -0.15) is 0 Å². The summed E-state index contributed by atoms with van der Waals surface area (Å²) in [5.41, 5.74) is 6.41. The van der Waals surface area contributed by atoms with Crippen LogP contribution in [0.25, 0.3) is 0 Å². The van der Waals surface area contributed by atoms with Crippen LogP contribution in [0.5, 0.6) is 11.5 Å². The van der Waals surface area contributed by atoms with Crippen LogP contribution >= 0.6 is 0 Å². The molecule has 0 aromatic heterocycles. The predicted octanol–water partition coefficient (Wildman–Crippen LogP) is 2.46. The van der Waals surface area contributed by atoms with E-state index in [1.54, 1.807) is 7.11 Å². The van der Waals surface area contributed by atoms with E-state index in [0.29, 0.717) is 5.69 Å². The molecule has 1 fully saturated rings. The second kappa shape index (κ2) is 4.43. The lowest BCUT2D eigenvalue weighted by Gasteiger charge is -2.25. The Bertz CT molecular complexity index is 334. The molecule has 2 N–H and O–H groups in total. The van der Waals surface area contributed by atoms with Crippen LogP contribution in [0, 0.1) is 5.92 Å². The minimum atomic E-state index is 0.708. The zero-order valence-electron chi connectivity index (χ0n) is 9.03. The molecule has 1 saturated carbocycles. The van der Waals surface area contributed by atoms with E-state index in [9.17, 15) is 0 Å². The first-order chi connectivity index (χ1) is 7.29. The van der Waals surface area contributed by atoms with Crippen molar-refractivity contribution in [2.24, 2.45) is 5.92 Å². The monoisotopic (exact) mass is 207 g/mol. The van der Waals surface area contributed by atoms with Gasteiger partial charge in [-0.1, -0.05) is 6.42 Å². The van der Waals surface area contributed by atoms with Gasteiger partial charge < -0.3 is 15.2 Å². The maximum absolute atomic E-state index is 5.71. The Hall–Kier alpha value is -1.38. The fourth-order valence-electron chi connectivity index (χ4n) is 1.67. The molecule has 0 radical (unpaired) electrons. The van der Waals surface area contributed by atoms with Crippen molar-refractivity contribution >= 4 is 5.69 Å². The summed E-state index contributed by atoms with van der Waals surface area (Å²) in [6, 6.07) is 5.47. The zero-order chi connectivity index (χ0) is 10.7. The molecule has 0 amide bonds. The molecule has 2 rings (SSSR count). The third kappa shape index (κ3) is 2.35. The number of hydrogen-bond acceptors (Lipinski definition) is 3. The van der Waals surface area contributed by atoms with E-state index >= 15 is 0 Å². The Morgan fingerprint density at radius 2 is 2.13 bits per heavy atom. The van der Waals surface area contributed by atoms with Crippen molar-refractivity contribution in [3.8, 4) is 11.5 Å². The number of ether oxygens (including phenoxy) is 2. The fraction of sp³-hybridized carbons (Fsp3) is 0.500. The molecule has 0 saturated heterocycles. The summed E-state index contributed by atoms with van der Waals surface area (Å²) in [7, 11) is 1.64. The van der Waals surface area contributed by atoms with Crippen molar-refractivity contribution in [1.82, 2.24) is 0 Å². The highest BCUT2D eigenvalue weighted by Crippen LogP contribution is 2.32. The lowest BCUT2D eigenvalue weighted by molar-refractivity contribution is 0.176. The lowest BCUT2D eigenvalue weighted by atomic mass is 9.86. The van der Waals surface area contributed by atoms with Crippen LogP contribution in [0.4, 0.5) is 5.69 Å². The third-order valence-corrected chi connectivity index (χ3v) is 2.89. The van der Waals surface area contributed by atoms with Crippen molar-refractivity contribution in [1.29, 1.82) is 0 Å². The van der Waals surface area contributed by atoms with E-state index in [2.05, 4.69) is 0 Å². The molecule has 0 aliphatic heterocycles. The number of methoxy groups -OCH3 is 1. The van der Waals surface area contributed by atoms with Gasteiger partial charge >= 0.3 is 0 Å². The topological polar surface area (TPSA) is 44.5 Å². The Labute approximate surface area is 90.2 Å². The standard InChI is InChI=1S/C12H17NO2/c1-14-11-6-5-10(13)7-12(11)15-8-9-3-2-4-9/h5-7,9H,2-4,8,13H2,1H3. The molecule has 0 atom stereocenters. The first-order valence-electron chi connectivity index (χ1n) is 5.36. The Morgan fingerprint density at radius 3 is 2.73 bits per heavy atom. The van der Waals surface area contributed by atoms with Gasteiger partial charge in [0.15, 0.2) is 11.5 Å². The highest BCUT2D eigenvalue weighted by molar-refractivity contribution is 5.51. The van der Waals surface area contributed by atoms with E-state index in [4.69, 9.17) is 15.2 Å². The Balaban J connectivity index is 2.00. The van der Waals surface area contributed by atoms with E-state index in [0.717, 1.165) is 24.0 Å². The van der Waals surface area contributed by atoms with Crippen LogP contribution < -0.4 is 15.2 Å². The van der Waals surface area contributed by atoms with Crippen molar-refractivity contribution in [3.63, 3.8) is 0 Å². The number of anilines is 1. The van der Waals surface area contributed by atoms with Gasteiger partial charge in [-0.15, -0.1) is 0 Å². The minimum Gasteiger partial charge on any atom is -0.493 e. The van der Waals surface area contributed by atoms with Gasteiger partial charge in [-0.3, -0.25) is 0 Å². The summed E-state index contributed by atoms with van der Waals surface area (Å²) in [4.78, 5) is 0. The molecule has 0 spiro atoms. The fourth-order valence-corrected chi connectivity index (χ4v) is 1.67. The van der Waals surface area contributed by atoms with Gasteiger partial charge in [0.05, 0.1) is 13.7 Å². The van der Waals surface area contributed by atoms with Crippen LogP contribution in [0.15, 0.2) is 18.2 Å². The second-order valence-corrected chi connectivity index (χ2v) is 4.02. The maximum atomic E-state index is 5.71. The first-order valence-corrected chi connectivity index (χ1v) is 5.36. The third-order valence-electron chi connectivity index (χ3n) is 2.89. The molecule has 1 aliphatic rings. The summed E-state index contributed by atoms with van der Waals surface area (Å²) in [6.07, 6.45) is 3.90. The number of nitrogen functional groups attached to an aromatic ring is 1. The normalized spacial score (nSPS) is 15.8. The number of rotatable bonds is 4. The highest BCUT2D eigenvalue weighted by Gasteiger charge is 2.18. The predicted molar refractivity (Wildman–Crippen MR) is 60.2 cm³/mol. The number of nitrogens with two attached hydrogens (primary N) is 1. The van der Waals surface area contributed by atoms with Crippen LogP contribution in [-0.4, -0.2) is 13.7 Å². The van der Waals surface area contributed by atoms with Crippen molar-refractivity contribution < 1.29 is 9.47 Å². The largest absolute Gasteiger partial charge is 0.493 e. The summed E-state index contributed by atoms with van der Waals surface area (Å²) in [6.45, 7) is 0.778. The summed E-state index contributed by atoms with van der Waals surface area (Å²) in [5, 5.41) is 0. The molecular weight excluding hydrogens is 190 g/mol. The smallest absolute Gasteiger partial charge is 0.163 e. The van der Waals surface area contributed by atoms with Crippen LogP contribution in [0.2, 0.25) is 0 Å². The van der Waals surface area contributed by atoms with Gasteiger partial charge in [-0.05, 0) is 30.9 Å². The summed E-state index contributed by atoms with van der Waals surface area (Å²) in [5.74, 6) is 2.23. The van der Waals surface area contributed by atoms with Gasteiger partial charge in [0.1, 0.15) is 0 Å². The molecule has 3 nitrogen and oxygen atoms in total. The van der Waals surface area contributed by atoms with Crippen molar-refractivity contribution in [3.05, 3.63) is 18.2 Å². The van der Waals surface area contributed by atoms with Crippen molar-refractivity contribution in [2.75, 3.05) is 19.5 Å². The van der Waals surface area contributed by atoms with Gasteiger partial charge in [-0.25, -0.2) is 0 Å². The zero-order valence-corrected chi connectivity index (χ0v) is 9.03. The molecule has 1 aliphatic carbocycles. The van der Waals surface area contributed by atoms with Gasteiger partial charge in [0.25, 0.3) is 0 Å². The molecule has 0 heterocycles.